The van der Waals surface area contributed by atoms with E-state index < -0.39 is 16.9 Å². The monoisotopic (exact) mass is 378 g/mol. The highest BCUT2D eigenvalue weighted by atomic mass is 19.1. The number of halogens is 1. The summed E-state index contributed by atoms with van der Waals surface area (Å²) in [6.07, 6.45) is 0.742. The average molecular weight is 378 g/mol. The molecule has 0 fully saturated rings. The molecule has 1 aliphatic heterocycles. The molecule has 140 valence electrons. The van der Waals surface area contributed by atoms with E-state index in [4.69, 9.17) is 0 Å². The number of pyridine rings is 1. The number of amides is 1. The molecule has 3 aromatic rings. The van der Waals surface area contributed by atoms with Crippen molar-refractivity contribution in [1.82, 2.24) is 4.98 Å². The van der Waals surface area contributed by atoms with E-state index in [2.05, 4.69) is 10.3 Å². The van der Waals surface area contributed by atoms with Crippen molar-refractivity contribution in [3.05, 3.63) is 93.5 Å². The predicted molar refractivity (Wildman–Crippen MR) is 102 cm³/mol. The lowest BCUT2D eigenvalue weighted by Gasteiger charge is -2.26. The molecule has 0 saturated heterocycles. The Morgan fingerprint density at radius 2 is 1.93 bits per heavy atom. The number of anilines is 2. The minimum Gasteiger partial charge on any atom is -0.357 e. The average Bonchev–Trinajstić information content (AvgIpc) is 2.96. The van der Waals surface area contributed by atoms with Crippen molar-refractivity contribution in [2.24, 2.45) is 0 Å². The topological polar surface area (TPSA) is 88.4 Å². The van der Waals surface area contributed by atoms with Crippen LogP contribution in [-0.2, 0) is 0 Å². The van der Waals surface area contributed by atoms with Crippen molar-refractivity contribution in [3.63, 3.8) is 0 Å². The predicted octanol–water partition coefficient (Wildman–Crippen LogP) is 4.21. The normalized spacial score (nSPS) is 15.4. The molecular weight excluding hydrogens is 363 g/mol. The van der Waals surface area contributed by atoms with Crippen molar-refractivity contribution in [2.45, 2.75) is 13.1 Å². The van der Waals surface area contributed by atoms with Gasteiger partial charge in [-0.05, 0) is 37.3 Å². The molecule has 1 unspecified atom stereocenters. The summed E-state index contributed by atoms with van der Waals surface area (Å²) in [6, 6.07) is 13.8. The summed E-state index contributed by atoms with van der Waals surface area (Å²) >= 11 is 0. The third-order valence-corrected chi connectivity index (χ3v) is 4.57. The summed E-state index contributed by atoms with van der Waals surface area (Å²) < 4.78 is 14.3. The zero-order valence-electron chi connectivity index (χ0n) is 14.8. The second kappa shape index (κ2) is 6.73. The number of aryl methyl sites for hydroxylation is 1. The van der Waals surface area contributed by atoms with Crippen LogP contribution in [0.25, 0.3) is 0 Å². The van der Waals surface area contributed by atoms with Gasteiger partial charge in [-0.3, -0.25) is 24.8 Å². The third kappa shape index (κ3) is 2.94. The van der Waals surface area contributed by atoms with Gasteiger partial charge in [0, 0.05) is 24.0 Å². The molecule has 1 aromatic heterocycles. The first kappa shape index (κ1) is 17.6. The van der Waals surface area contributed by atoms with Crippen LogP contribution >= 0.6 is 0 Å². The van der Waals surface area contributed by atoms with E-state index in [1.807, 2.05) is 19.1 Å². The Labute approximate surface area is 159 Å². The fraction of sp³-hybridized carbons (Fsp3) is 0.100. The van der Waals surface area contributed by atoms with Gasteiger partial charge in [-0.15, -0.1) is 0 Å². The van der Waals surface area contributed by atoms with Crippen LogP contribution < -0.4 is 10.2 Å². The van der Waals surface area contributed by atoms with Crippen molar-refractivity contribution >= 4 is 23.0 Å². The molecular formula is C20H15FN4O3. The molecule has 1 atom stereocenters. The second-order valence-electron chi connectivity index (χ2n) is 6.42. The number of nitrogens with zero attached hydrogens (tertiary/aromatic N) is 3. The number of hydrogen-bond donors (Lipinski definition) is 1. The number of rotatable bonds is 4. The number of aromatic nitrogens is 1. The van der Waals surface area contributed by atoms with Crippen LogP contribution in [0, 0.1) is 22.9 Å². The number of fused-ring (bicyclic) bond motifs is 1. The molecule has 2 aromatic carbocycles. The number of benzene rings is 2. The van der Waals surface area contributed by atoms with E-state index in [1.165, 1.54) is 4.90 Å². The van der Waals surface area contributed by atoms with Gasteiger partial charge in [0.15, 0.2) is 6.17 Å². The number of nitro benzene ring substituents is 1. The Morgan fingerprint density at radius 1 is 1.18 bits per heavy atom. The molecule has 1 N–H and O–H groups in total. The van der Waals surface area contributed by atoms with Gasteiger partial charge in [0.2, 0.25) is 0 Å². The molecule has 0 radical (unpaired) electrons. The number of nitrogens with one attached hydrogen (secondary N) is 1. The number of carbonyl (C=O) groups excluding carboxylic acids is 1. The lowest BCUT2D eigenvalue weighted by atomic mass is 10.2. The van der Waals surface area contributed by atoms with E-state index in [-0.39, 0.29) is 17.3 Å². The summed E-state index contributed by atoms with van der Waals surface area (Å²) in [6.45, 7) is 1.93. The number of non-ortho nitro benzene ring substituents is 1. The van der Waals surface area contributed by atoms with Crippen LogP contribution in [0.5, 0.6) is 0 Å². The molecule has 7 nitrogen and oxygen atoms in total. The molecule has 4 rings (SSSR count). The van der Waals surface area contributed by atoms with Crippen LogP contribution in [-0.4, -0.2) is 15.8 Å². The van der Waals surface area contributed by atoms with Gasteiger partial charge in [0.1, 0.15) is 5.82 Å². The zero-order chi connectivity index (χ0) is 19.8. The van der Waals surface area contributed by atoms with Crippen LogP contribution in [0.2, 0.25) is 0 Å². The quantitative estimate of drug-likeness (QED) is 0.543. The molecule has 0 aliphatic carbocycles. The van der Waals surface area contributed by atoms with Gasteiger partial charge in [-0.2, -0.15) is 0 Å². The minimum absolute atomic E-state index is 0.0809. The molecule has 28 heavy (non-hydrogen) atoms. The SMILES string of the molecule is Cc1ccc(N2C(=O)c3cccnc3C2Nc2cc([N+](=O)[O-])ccc2F)cc1. The summed E-state index contributed by atoms with van der Waals surface area (Å²) in [5.74, 6) is -0.943. The summed E-state index contributed by atoms with van der Waals surface area (Å²) in [7, 11) is 0. The first-order chi connectivity index (χ1) is 13.5. The molecule has 0 saturated carbocycles. The maximum absolute atomic E-state index is 14.3. The van der Waals surface area contributed by atoms with Crippen molar-refractivity contribution in [3.8, 4) is 0 Å². The molecule has 1 aliphatic rings. The lowest BCUT2D eigenvalue weighted by molar-refractivity contribution is -0.384. The fourth-order valence-electron chi connectivity index (χ4n) is 3.17. The van der Waals surface area contributed by atoms with Gasteiger partial charge >= 0.3 is 0 Å². The Hall–Kier alpha value is -3.81. The van der Waals surface area contributed by atoms with Gasteiger partial charge in [-0.1, -0.05) is 17.7 Å². The minimum atomic E-state index is -0.803. The van der Waals surface area contributed by atoms with E-state index in [9.17, 15) is 19.3 Å². The standard InChI is InChI=1S/C20H15FN4O3/c1-12-4-6-13(7-5-12)24-19(18-15(20(24)26)3-2-10-22-18)23-17-11-14(25(27)28)8-9-16(17)21/h2-11,19,23H,1H3. The smallest absolute Gasteiger partial charge is 0.271 e. The van der Waals surface area contributed by atoms with E-state index >= 15 is 0 Å². The zero-order valence-corrected chi connectivity index (χ0v) is 14.8. The lowest BCUT2D eigenvalue weighted by Crippen LogP contribution is -2.32. The Balaban J connectivity index is 1.80. The molecule has 0 spiro atoms. The number of carbonyl (C=O) groups is 1. The van der Waals surface area contributed by atoms with Gasteiger partial charge in [-0.25, -0.2) is 4.39 Å². The van der Waals surface area contributed by atoms with Gasteiger partial charge < -0.3 is 5.32 Å². The highest BCUT2D eigenvalue weighted by molar-refractivity contribution is 6.11. The highest BCUT2D eigenvalue weighted by Crippen LogP contribution is 2.37. The van der Waals surface area contributed by atoms with Gasteiger partial charge in [0.05, 0.1) is 21.9 Å². The van der Waals surface area contributed by atoms with Crippen LogP contribution in [0.1, 0.15) is 27.8 Å². The summed E-state index contributed by atoms with van der Waals surface area (Å²) in [5, 5.41) is 14.0. The first-order valence-electron chi connectivity index (χ1n) is 8.51. The number of nitro groups is 1. The highest BCUT2D eigenvalue weighted by Gasteiger charge is 2.39. The van der Waals surface area contributed by atoms with E-state index in [1.54, 1.807) is 30.5 Å². The molecule has 0 bridgehead atoms. The Morgan fingerprint density at radius 3 is 2.64 bits per heavy atom. The van der Waals surface area contributed by atoms with Crippen LogP contribution in [0.15, 0.2) is 60.8 Å². The maximum Gasteiger partial charge on any atom is 0.271 e. The number of hydrogen-bond acceptors (Lipinski definition) is 5. The van der Waals surface area contributed by atoms with Crippen molar-refractivity contribution < 1.29 is 14.1 Å². The van der Waals surface area contributed by atoms with Crippen molar-refractivity contribution in [2.75, 3.05) is 10.2 Å². The van der Waals surface area contributed by atoms with Crippen LogP contribution in [0.4, 0.5) is 21.5 Å². The van der Waals surface area contributed by atoms with Crippen LogP contribution in [0.3, 0.4) is 0 Å². The fourth-order valence-corrected chi connectivity index (χ4v) is 3.17. The Bertz CT molecular complexity index is 1090. The maximum atomic E-state index is 14.3. The first-order valence-corrected chi connectivity index (χ1v) is 8.51. The molecule has 2 heterocycles. The van der Waals surface area contributed by atoms with Gasteiger partial charge in [0.25, 0.3) is 11.6 Å². The summed E-state index contributed by atoms with van der Waals surface area (Å²) in [4.78, 5) is 29.2. The largest absolute Gasteiger partial charge is 0.357 e. The second-order valence-corrected chi connectivity index (χ2v) is 6.42. The third-order valence-electron chi connectivity index (χ3n) is 4.57. The summed E-state index contributed by atoms with van der Waals surface area (Å²) in [5.41, 5.74) is 2.13. The van der Waals surface area contributed by atoms with Crippen molar-refractivity contribution in [1.29, 1.82) is 0 Å². The van der Waals surface area contributed by atoms with E-state index in [0.717, 1.165) is 23.8 Å². The Kier molecular flexibility index (Phi) is 4.23. The van der Waals surface area contributed by atoms with E-state index in [0.29, 0.717) is 16.9 Å². The molecule has 1 amide bonds. The molecule has 8 heteroatoms.